The smallest absolute Gasteiger partial charge is 0.315 e. The number of urea groups is 1. The van der Waals surface area contributed by atoms with Crippen LogP contribution in [0, 0.1) is 13.8 Å². The molecule has 8 heteroatoms. The molecule has 0 saturated carbocycles. The maximum Gasteiger partial charge on any atom is 0.315 e. The van der Waals surface area contributed by atoms with Gasteiger partial charge in [0.1, 0.15) is 11.6 Å². The maximum absolute atomic E-state index is 12.0. The number of aryl methyl sites for hydroxylation is 2. The van der Waals surface area contributed by atoms with Gasteiger partial charge in [-0.1, -0.05) is 11.6 Å². The van der Waals surface area contributed by atoms with Crippen molar-refractivity contribution in [3.8, 4) is 0 Å². The topological polar surface area (TPSA) is 83.3 Å². The molecule has 128 valence electrons. The lowest BCUT2D eigenvalue weighted by molar-refractivity contribution is 0.236. The van der Waals surface area contributed by atoms with Gasteiger partial charge in [0.15, 0.2) is 0 Å². The Bertz CT molecular complexity index is 714. The molecule has 0 spiro atoms. The van der Waals surface area contributed by atoms with Crippen LogP contribution >= 0.6 is 11.6 Å². The van der Waals surface area contributed by atoms with E-state index in [1.807, 2.05) is 19.9 Å². The normalized spacial score (nSPS) is 17.1. The van der Waals surface area contributed by atoms with Crippen LogP contribution in [0.1, 0.15) is 23.8 Å². The van der Waals surface area contributed by atoms with Crippen LogP contribution in [0.25, 0.3) is 0 Å². The van der Waals surface area contributed by atoms with Crippen molar-refractivity contribution in [1.82, 2.24) is 20.6 Å². The summed E-state index contributed by atoms with van der Waals surface area (Å²) in [6, 6.07) is 3.44. The standard InChI is InChI=1S/C16H20ClN5O2/c1-10-11(2)24-14(20-10)8-19-16(23)21-12-5-7-22(9-12)15-13(17)4-3-6-18-15/h3-4,6,12H,5,7-9H2,1-2H3,(H2,19,21,23)/t12-/m1/s1. The number of hydrogen-bond acceptors (Lipinski definition) is 5. The van der Waals surface area contributed by atoms with Crippen molar-refractivity contribution in [2.24, 2.45) is 0 Å². The van der Waals surface area contributed by atoms with Crippen molar-refractivity contribution < 1.29 is 9.21 Å². The Morgan fingerprint density at radius 3 is 3.04 bits per heavy atom. The summed E-state index contributed by atoms with van der Waals surface area (Å²) in [6.07, 6.45) is 2.56. The Morgan fingerprint density at radius 2 is 2.33 bits per heavy atom. The van der Waals surface area contributed by atoms with Crippen LogP contribution in [-0.4, -0.2) is 35.1 Å². The average molecular weight is 350 g/mol. The van der Waals surface area contributed by atoms with E-state index >= 15 is 0 Å². The van der Waals surface area contributed by atoms with Gasteiger partial charge in [0, 0.05) is 25.3 Å². The molecule has 0 aliphatic carbocycles. The molecule has 3 rings (SSSR count). The molecule has 3 heterocycles. The predicted octanol–water partition coefficient (Wildman–Crippen LogP) is 2.42. The van der Waals surface area contributed by atoms with E-state index in [2.05, 4.69) is 25.5 Å². The number of carbonyl (C=O) groups excluding carboxylic acids is 1. The van der Waals surface area contributed by atoms with E-state index in [1.54, 1.807) is 12.3 Å². The highest BCUT2D eigenvalue weighted by Gasteiger charge is 2.26. The summed E-state index contributed by atoms with van der Waals surface area (Å²) in [7, 11) is 0. The largest absolute Gasteiger partial charge is 0.444 e. The fourth-order valence-electron chi connectivity index (χ4n) is 2.69. The number of carbonyl (C=O) groups is 1. The van der Waals surface area contributed by atoms with Crippen LogP contribution < -0.4 is 15.5 Å². The molecule has 1 atom stereocenters. The minimum absolute atomic E-state index is 0.0519. The van der Waals surface area contributed by atoms with Gasteiger partial charge in [-0.25, -0.2) is 14.8 Å². The van der Waals surface area contributed by atoms with Gasteiger partial charge < -0.3 is 20.0 Å². The van der Waals surface area contributed by atoms with E-state index in [1.165, 1.54) is 0 Å². The summed E-state index contributed by atoms with van der Waals surface area (Å²) >= 11 is 6.17. The third kappa shape index (κ3) is 3.79. The summed E-state index contributed by atoms with van der Waals surface area (Å²) in [4.78, 5) is 22.6. The van der Waals surface area contributed by atoms with Crippen LogP contribution in [0.5, 0.6) is 0 Å². The van der Waals surface area contributed by atoms with E-state index in [0.29, 0.717) is 17.5 Å². The molecule has 2 aromatic heterocycles. The zero-order valence-corrected chi connectivity index (χ0v) is 14.4. The summed E-state index contributed by atoms with van der Waals surface area (Å²) in [5.41, 5.74) is 0.839. The Labute approximate surface area is 145 Å². The minimum atomic E-state index is -0.234. The first-order valence-corrected chi connectivity index (χ1v) is 8.23. The number of nitrogens with one attached hydrogen (secondary N) is 2. The molecule has 2 aromatic rings. The molecule has 0 unspecified atom stereocenters. The van der Waals surface area contributed by atoms with Crippen molar-refractivity contribution in [2.45, 2.75) is 32.9 Å². The molecule has 24 heavy (non-hydrogen) atoms. The molecule has 2 amide bonds. The SMILES string of the molecule is Cc1nc(CNC(=O)N[C@@H]2CCN(c3ncccc3Cl)C2)oc1C. The number of pyridine rings is 1. The van der Waals surface area contributed by atoms with Gasteiger partial charge in [-0.15, -0.1) is 0 Å². The summed E-state index contributed by atoms with van der Waals surface area (Å²) in [5.74, 6) is 2.04. The Kier molecular flexibility index (Phi) is 4.89. The second-order valence-corrected chi connectivity index (χ2v) is 6.22. The highest BCUT2D eigenvalue weighted by Crippen LogP contribution is 2.25. The fourth-order valence-corrected chi connectivity index (χ4v) is 2.93. The lowest BCUT2D eigenvalue weighted by atomic mass is 10.3. The van der Waals surface area contributed by atoms with Gasteiger partial charge in [0.05, 0.1) is 17.3 Å². The van der Waals surface area contributed by atoms with Crippen molar-refractivity contribution in [3.05, 3.63) is 40.7 Å². The quantitative estimate of drug-likeness (QED) is 0.885. The second kappa shape index (κ2) is 7.09. The van der Waals surface area contributed by atoms with Gasteiger partial charge >= 0.3 is 6.03 Å². The van der Waals surface area contributed by atoms with E-state index in [4.69, 9.17) is 16.0 Å². The summed E-state index contributed by atoms with van der Waals surface area (Å²) in [6.45, 7) is 5.48. The second-order valence-electron chi connectivity index (χ2n) is 5.82. The van der Waals surface area contributed by atoms with Crippen LogP contribution in [0.3, 0.4) is 0 Å². The van der Waals surface area contributed by atoms with E-state index < -0.39 is 0 Å². The fraction of sp³-hybridized carbons (Fsp3) is 0.438. The first-order chi connectivity index (χ1) is 11.5. The molecule has 0 bridgehead atoms. The number of anilines is 1. The Hall–Kier alpha value is -2.28. The highest BCUT2D eigenvalue weighted by atomic mass is 35.5. The van der Waals surface area contributed by atoms with Gasteiger partial charge in [0.2, 0.25) is 5.89 Å². The number of rotatable bonds is 4. The van der Waals surface area contributed by atoms with Crippen LogP contribution in [0.15, 0.2) is 22.7 Å². The van der Waals surface area contributed by atoms with E-state index in [0.717, 1.165) is 30.2 Å². The zero-order valence-electron chi connectivity index (χ0n) is 13.7. The number of hydrogen-bond donors (Lipinski definition) is 2. The highest BCUT2D eigenvalue weighted by molar-refractivity contribution is 6.32. The minimum Gasteiger partial charge on any atom is -0.444 e. The molecular weight excluding hydrogens is 330 g/mol. The molecular formula is C16H20ClN5O2. The van der Waals surface area contributed by atoms with Gasteiger partial charge in [0.25, 0.3) is 0 Å². The Balaban J connectivity index is 1.48. The number of aromatic nitrogens is 2. The summed E-state index contributed by atoms with van der Waals surface area (Å²) in [5, 5.41) is 6.35. The molecule has 7 nitrogen and oxygen atoms in total. The van der Waals surface area contributed by atoms with Gasteiger partial charge in [-0.3, -0.25) is 0 Å². The number of amides is 2. The molecule has 1 saturated heterocycles. The molecule has 1 aliphatic heterocycles. The lowest BCUT2D eigenvalue weighted by Crippen LogP contribution is -2.43. The number of nitrogens with zero attached hydrogens (tertiary/aromatic N) is 3. The van der Waals surface area contributed by atoms with Crippen LogP contribution in [0.2, 0.25) is 5.02 Å². The molecule has 2 N–H and O–H groups in total. The summed E-state index contributed by atoms with van der Waals surface area (Å²) < 4.78 is 5.44. The molecule has 1 aliphatic rings. The predicted molar refractivity (Wildman–Crippen MR) is 91.2 cm³/mol. The van der Waals surface area contributed by atoms with Crippen molar-refractivity contribution in [1.29, 1.82) is 0 Å². The molecule has 1 fully saturated rings. The van der Waals surface area contributed by atoms with Gasteiger partial charge in [-0.2, -0.15) is 0 Å². The van der Waals surface area contributed by atoms with E-state index in [9.17, 15) is 4.79 Å². The Morgan fingerprint density at radius 1 is 1.50 bits per heavy atom. The maximum atomic E-state index is 12.0. The number of halogens is 1. The average Bonchev–Trinajstić information content (AvgIpc) is 3.13. The molecule has 0 radical (unpaired) electrons. The number of oxazole rings is 1. The first kappa shape index (κ1) is 16.6. The zero-order chi connectivity index (χ0) is 17.1. The van der Waals surface area contributed by atoms with Crippen molar-refractivity contribution in [2.75, 3.05) is 18.0 Å². The monoisotopic (exact) mass is 349 g/mol. The lowest BCUT2D eigenvalue weighted by Gasteiger charge is -2.19. The van der Waals surface area contributed by atoms with Crippen molar-refractivity contribution >= 4 is 23.4 Å². The van der Waals surface area contributed by atoms with Gasteiger partial charge in [-0.05, 0) is 32.4 Å². The first-order valence-electron chi connectivity index (χ1n) is 7.85. The van der Waals surface area contributed by atoms with Crippen LogP contribution in [-0.2, 0) is 6.54 Å². The van der Waals surface area contributed by atoms with E-state index in [-0.39, 0.29) is 18.6 Å². The molecule has 0 aromatic carbocycles. The third-order valence-electron chi connectivity index (χ3n) is 4.04. The third-order valence-corrected chi connectivity index (χ3v) is 4.33. The van der Waals surface area contributed by atoms with Crippen LogP contribution in [0.4, 0.5) is 10.6 Å². The van der Waals surface area contributed by atoms with Crippen molar-refractivity contribution in [3.63, 3.8) is 0 Å².